The normalized spacial score (nSPS) is 13.2. The Balaban J connectivity index is 1.83. The molecule has 0 saturated carbocycles. The minimum atomic E-state index is -2.03. The van der Waals surface area contributed by atoms with Crippen LogP contribution in [-0.4, -0.2) is 44.7 Å². The molecule has 184 valence electrons. The molecule has 6 heteroatoms. The highest BCUT2D eigenvalue weighted by molar-refractivity contribution is 6.90. The lowest BCUT2D eigenvalue weighted by Crippen LogP contribution is -2.43. The third kappa shape index (κ3) is 8.73. The minimum absolute atomic E-state index is 0.260. The molecule has 0 aliphatic carbocycles. The maximum Gasteiger partial charge on any atom is 0.206 e. The number of hydrogen-bond donors (Lipinski definition) is 1. The maximum absolute atomic E-state index is 14.9. The lowest BCUT2D eigenvalue weighted by Gasteiger charge is -2.27. The molecule has 1 nitrogen and oxygen atoms in total. The lowest BCUT2D eigenvalue weighted by molar-refractivity contribution is -0.101. The lowest BCUT2D eigenvalue weighted by atomic mass is 10.1. The first-order chi connectivity index (χ1) is 15.2. The number of aliphatic hydroxyl groups is 1. The summed E-state index contributed by atoms with van der Waals surface area (Å²) in [7, 11) is -4.74. The molecule has 33 heavy (non-hydrogen) atoms. The van der Waals surface area contributed by atoms with E-state index >= 15 is 0 Å². The molecular formula is C27H47FOSi4. The summed E-state index contributed by atoms with van der Waals surface area (Å²) in [6.45, 7) is 18.9. The van der Waals surface area contributed by atoms with Crippen molar-refractivity contribution in [3.8, 4) is 0 Å². The van der Waals surface area contributed by atoms with E-state index in [0.29, 0.717) is 0 Å². The van der Waals surface area contributed by atoms with Crippen LogP contribution in [0.1, 0.15) is 25.7 Å². The predicted molar refractivity (Wildman–Crippen MR) is 158 cm³/mol. The highest BCUT2D eigenvalue weighted by Crippen LogP contribution is 2.27. The van der Waals surface area contributed by atoms with Gasteiger partial charge >= 0.3 is 0 Å². The molecule has 0 atom stereocenters. The Morgan fingerprint density at radius 1 is 0.667 bits per heavy atom. The van der Waals surface area contributed by atoms with E-state index in [1.54, 1.807) is 0 Å². The van der Waals surface area contributed by atoms with Crippen LogP contribution in [0, 0.1) is 0 Å². The Morgan fingerprint density at radius 2 is 0.970 bits per heavy atom. The monoisotopic (exact) mass is 518 g/mol. The van der Waals surface area contributed by atoms with Gasteiger partial charge in [-0.25, -0.2) is 4.39 Å². The number of rotatable bonds is 12. The molecule has 0 heterocycles. The van der Waals surface area contributed by atoms with E-state index in [-0.39, 0.29) is 12.8 Å². The smallest absolute Gasteiger partial charge is 0.206 e. The summed E-state index contributed by atoms with van der Waals surface area (Å²) in [4.78, 5) is 0. The van der Waals surface area contributed by atoms with Gasteiger partial charge in [-0.1, -0.05) is 134 Å². The Morgan fingerprint density at radius 3 is 1.24 bits per heavy atom. The third-order valence-corrected chi connectivity index (χ3v) is 17.9. The number of benzene rings is 2. The Bertz CT molecular complexity index is 787. The summed E-state index contributed by atoms with van der Waals surface area (Å²) >= 11 is 0. The van der Waals surface area contributed by atoms with Crippen molar-refractivity contribution in [2.75, 3.05) is 0 Å². The zero-order chi connectivity index (χ0) is 24.9. The molecule has 0 aliphatic rings. The van der Waals surface area contributed by atoms with Gasteiger partial charge in [-0.2, -0.15) is 0 Å². The quantitative estimate of drug-likeness (QED) is 0.399. The molecule has 0 amide bonds. The molecule has 1 N–H and O–H groups in total. The fraction of sp³-hybridized carbons (Fsp3) is 0.556. The summed E-state index contributed by atoms with van der Waals surface area (Å²) in [5.41, 5.74) is 0. The van der Waals surface area contributed by atoms with Gasteiger partial charge in [0.05, 0.1) is 33.7 Å². The fourth-order valence-corrected chi connectivity index (χ4v) is 11.4. The molecule has 0 unspecified atom stereocenters. The number of halogens is 1. The Labute approximate surface area is 208 Å². The topological polar surface area (TPSA) is 20.2 Å². The first-order valence-corrected chi connectivity index (χ1v) is 25.0. The SMILES string of the molecule is C[SiH](C)c1ccc([Si](C)(C)CCCC(O)(F)CCC[Si](C)(C)c2ccc([SiH](C)C)cc2)cc1. The van der Waals surface area contributed by atoms with E-state index in [9.17, 15) is 9.50 Å². The Hall–Kier alpha value is -0.802. The van der Waals surface area contributed by atoms with Crippen molar-refractivity contribution in [2.45, 2.75) is 96.0 Å². The van der Waals surface area contributed by atoms with E-state index in [0.717, 1.165) is 24.9 Å². The highest BCUT2D eigenvalue weighted by Gasteiger charge is 2.30. The van der Waals surface area contributed by atoms with Crippen LogP contribution in [0.3, 0.4) is 0 Å². The summed E-state index contributed by atoms with van der Waals surface area (Å²) < 4.78 is 14.9. The number of alkyl halides is 1. The zero-order valence-electron chi connectivity index (χ0n) is 22.3. The van der Waals surface area contributed by atoms with Crippen molar-refractivity contribution in [1.29, 1.82) is 0 Å². The van der Waals surface area contributed by atoms with Gasteiger partial charge in [-0.3, -0.25) is 0 Å². The van der Waals surface area contributed by atoms with Crippen LogP contribution in [-0.2, 0) is 0 Å². The van der Waals surface area contributed by atoms with Gasteiger partial charge in [0, 0.05) is 12.8 Å². The summed E-state index contributed by atoms with van der Waals surface area (Å²) in [5.74, 6) is -2.03. The first-order valence-electron chi connectivity index (χ1n) is 12.9. The van der Waals surface area contributed by atoms with Crippen LogP contribution < -0.4 is 20.7 Å². The Kier molecular flexibility index (Phi) is 10.1. The summed E-state index contributed by atoms with van der Waals surface area (Å²) in [6, 6.07) is 20.5. The molecule has 0 saturated heterocycles. The largest absolute Gasteiger partial charge is 0.362 e. The van der Waals surface area contributed by atoms with Gasteiger partial charge in [0.25, 0.3) is 0 Å². The van der Waals surface area contributed by atoms with E-state index < -0.39 is 39.6 Å². The molecule has 0 bridgehead atoms. The van der Waals surface area contributed by atoms with Crippen LogP contribution >= 0.6 is 0 Å². The predicted octanol–water partition coefficient (Wildman–Crippen LogP) is 4.82. The van der Waals surface area contributed by atoms with Gasteiger partial charge in [0.2, 0.25) is 5.85 Å². The average molecular weight is 519 g/mol. The van der Waals surface area contributed by atoms with Gasteiger partial charge < -0.3 is 5.11 Å². The van der Waals surface area contributed by atoms with Gasteiger partial charge in [0.15, 0.2) is 0 Å². The minimum Gasteiger partial charge on any atom is -0.362 e. The van der Waals surface area contributed by atoms with Gasteiger partial charge in [0.1, 0.15) is 0 Å². The van der Waals surface area contributed by atoms with E-state index in [4.69, 9.17) is 0 Å². The molecule has 0 fully saturated rings. The molecule has 0 aliphatic heterocycles. The standard InChI is InChI=1S/C27H47FOSi4/c1-30(2)23-11-15-25(16-12-23)32(5,6)21-9-19-27(28,29)20-10-22-33(7,8)26-17-13-24(14-18-26)31(3)4/h11-18,29-31H,9-10,19-22H2,1-8H3. The van der Waals surface area contributed by atoms with Crippen LogP contribution in [0.2, 0.25) is 64.5 Å². The van der Waals surface area contributed by atoms with E-state index in [2.05, 4.69) is 101 Å². The van der Waals surface area contributed by atoms with Crippen molar-refractivity contribution in [3.63, 3.8) is 0 Å². The average Bonchev–Trinajstić information content (AvgIpc) is 2.73. The van der Waals surface area contributed by atoms with Crippen LogP contribution in [0.5, 0.6) is 0 Å². The van der Waals surface area contributed by atoms with E-state index in [1.165, 1.54) is 20.7 Å². The first kappa shape index (κ1) is 28.4. The summed E-state index contributed by atoms with van der Waals surface area (Å²) in [5, 5.41) is 16.3. The highest BCUT2D eigenvalue weighted by atomic mass is 28.3. The van der Waals surface area contributed by atoms with Crippen LogP contribution in [0.15, 0.2) is 48.5 Å². The second-order valence-corrected chi connectivity index (χ2v) is 27.6. The zero-order valence-corrected chi connectivity index (χ0v) is 26.7. The van der Waals surface area contributed by atoms with Crippen molar-refractivity contribution in [1.82, 2.24) is 0 Å². The molecule has 0 aromatic heterocycles. The molecular weight excluding hydrogens is 472 g/mol. The molecule has 2 rings (SSSR count). The second-order valence-electron chi connectivity index (χ2n) is 11.9. The van der Waals surface area contributed by atoms with Gasteiger partial charge in [-0.05, 0) is 12.8 Å². The second kappa shape index (κ2) is 11.8. The van der Waals surface area contributed by atoms with E-state index in [1.807, 2.05) is 0 Å². The van der Waals surface area contributed by atoms with Crippen molar-refractivity contribution in [2.24, 2.45) is 0 Å². The number of hydrogen-bond acceptors (Lipinski definition) is 1. The van der Waals surface area contributed by atoms with Crippen molar-refractivity contribution < 1.29 is 9.50 Å². The fourth-order valence-electron chi connectivity index (χ4n) is 4.65. The van der Waals surface area contributed by atoms with Crippen molar-refractivity contribution >= 4 is 54.5 Å². The van der Waals surface area contributed by atoms with Gasteiger partial charge in [-0.15, -0.1) is 0 Å². The molecule has 2 aromatic rings. The van der Waals surface area contributed by atoms with Crippen molar-refractivity contribution in [3.05, 3.63) is 48.5 Å². The summed E-state index contributed by atoms with van der Waals surface area (Å²) in [6.07, 6.45) is 2.04. The molecule has 2 aromatic carbocycles. The van der Waals surface area contributed by atoms with Crippen LogP contribution in [0.4, 0.5) is 4.39 Å². The third-order valence-electron chi connectivity index (χ3n) is 7.44. The van der Waals surface area contributed by atoms with Crippen LogP contribution in [0.25, 0.3) is 0 Å². The maximum atomic E-state index is 14.9. The molecule has 0 spiro atoms. The molecule has 0 radical (unpaired) electrons.